The molecule has 110 valence electrons. The van der Waals surface area contributed by atoms with E-state index >= 15 is 0 Å². The molecule has 0 bridgehead atoms. The Bertz CT molecular complexity index is 430. The van der Waals surface area contributed by atoms with Crippen LogP contribution in [0.5, 0.6) is 0 Å². The van der Waals surface area contributed by atoms with Crippen LogP contribution in [0, 0.1) is 11.8 Å². The zero-order valence-electron chi connectivity index (χ0n) is 12.6. The van der Waals surface area contributed by atoms with E-state index in [9.17, 15) is 4.79 Å². The number of carbonyl (C=O) groups is 1. The molecule has 3 heteroatoms. The first-order chi connectivity index (χ1) is 9.56. The van der Waals surface area contributed by atoms with Gasteiger partial charge in [0.05, 0.1) is 6.04 Å². The monoisotopic (exact) mass is 274 g/mol. The first kappa shape index (κ1) is 15.2. The van der Waals surface area contributed by atoms with Gasteiger partial charge in [0.2, 0.25) is 0 Å². The highest BCUT2D eigenvalue weighted by atomic mass is 16.1. The number of hydrogen-bond donors (Lipinski definition) is 1. The second kappa shape index (κ2) is 7.00. The van der Waals surface area contributed by atoms with Crippen LogP contribution in [0.3, 0.4) is 0 Å². The van der Waals surface area contributed by atoms with E-state index in [0.29, 0.717) is 5.92 Å². The Balaban J connectivity index is 1.84. The van der Waals surface area contributed by atoms with Crippen LogP contribution in [0.1, 0.15) is 32.3 Å². The molecule has 3 nitrogen and oxygen atoms in total. The van der Waals surface area contributed by atoms with Crippen molar-refractivity contribution in [2.24, 2.45) is 17.6 Å². The summed E-state index contributed by atoms with van der Waals surface area (Å²) >= 11 is 0. The Kier molecular flexibility index (Phi) is 5.32. The zero-order chi connectivity index (χ0) is 14.5. The maximum Gasteiger partial charge on any atom is 0.153 e. The molecule has 2 rings (SSSR count). The lowest BCUT2D eigenvalue weighted by molar-refractivity contribution is -0.124. The summed E-state index contributed by atoms with van der Waals surface area (Å²) in [5.74, 6) is 0.873. The van der Waals surface area contributed by atoms with Gasteiger partial charge < -0.3 is 5.73 Å². The van der Waals surface area contributed by atoms with E-state index in [1.165, 1.54) is 5.56 Å². The number of rotatable bonds is 6. The minimum absolute atomic E-state index is 0.132. The van der Waals surface area contributed by atoms with Crippen LogP contribution in [-0.2, 0) is 11.3 Å². The van der Waals surface area contributed by atoms with Gasteiger partial charge in [0, 0.05) is 19.0 Å². The molecule has 20 heavy (non-hydrogen) atoms. The summed E-state index contributed by atoms with van der Waals surface area (Å²) in [6.07, 6.45) is 1.76. The van der Waals surface area contributed by atoms with Gasteiger partial charge in [0.25, 0.3) is 0 Å². The van der Waals surface area contributed by atoms with E-state index in [1.807, 2.05) is 6.07 Å². The third kappa shape index (κ3) is 4.15. The molecule has 0 radical (unpaired) electrons. The molecule has 2 N–H and O–H groups in total. The quantitative estimate of drug-likeness (QED) is 0.866. The molecule has 1 heterocycles. The molecule has 1 fully saturated rings. The van der Waals surface area contributed by atoms with E-state index in [1.54, 1.807) is 0 Å². The SMILES string of the molecule is CC(C)C[C@@H](N)C(=O)C1CCN(Cc2ccccc2)C1. The number of benzene rings is 1. The van der Waals surface area contributed by atoms with E-state index in [4.69, 9.17) is 5.73 Å². The molecule has 0 aliphatic carbocycles. The van der Waals surface area contributed by atoms with E-state index in [-0.39, 0.29) is 17.7 Å². The largest absolute Gasteiger partial charge is 0.321 e. The van der Waals surface area contributed by atoms with Gasteiger partial charge in [-0.15, -0.1) is 0 Å². The van der Waals surface area contributed by atoms with Gasteiger partial charge in [-0.1, -0.05) is 44.2 Å². The number of nitrogens with two attached hydrogens (primary N) is 1. The highest BCUT2D eigenvalue weighted by Gasteiger charge is 2.31. The number of nitrogens with zero attached hydrogens (tertiary/aromatic N) is 1. The molecule has 1 aromatic rings. The van der Waals surface area contributed by atoms with Crippen molar-refractivity contribution in [2.75, 3.05) is 13.1 Å². The minimum Gasteiger partial charge on any atom is -0.321 e. The first-order valence-electron chi connectivity index (χ1n) is 7.62. The van der Waals surface area contributed by atoms with Crippen LogP contribution in [0.25, 0.3) is 0 Å². The molecular formula is C17H26N2O. The minimum atomic E-state index is -0.281. The van der Waals surface area contributed by atoms with Crippen LogP contribution in [0.4, 0.5) is 0 Å². The van der Waals surface area contributed by atoms with Crippen molar-refractivity contribution in [3.63, 3.8) is 0 Å². The van der Waals surface area contributed by atoms with Crippen molar-refractivity contribution in [3.05, 3.63) is 35.9 Å². The first-order valence-corrected chi connectivity index (χ1v) is 7.62. The topological polar surface area (TPSA) is 46.3 Å². The normalized spacial score (nSPS) is 21.3. The van der Waals surface area contributed by atoms with Gasteiger partial charge in [0.1, 0.15) is 0 Å². The van der Waals surface area contributed by atoms with Gasteiger partial charge >= 0.3 is 0 Å². The third-order valence-corrected chi connectivity index (χ3v) is 4.01. The van der Waals surface area contributed by atoms with Gasteiger partial charge in [0.15, 0.2) is 5.78 Å². The van der Waals surface area contributed by atoms with Crippen molar-refractivity contribution in [2.45, 2.75) is 39.3 Å². The summed E-state index contributed by atoms with van der Waals surface area (Å²) in [5.41, 5.74) is 7.34. The van der Waals surface area contributed by atoms with E-state index < -0.39 is 0 Å². The standard InChI is InChI=1S/C17H26N2O/c1-13(2)10-16(18)17(20)15-8-9-19(12-15)11-14-6-4-3-5-7-14/h3-7,13,15-16H,8-12,18H2,1-2H3/t15?,16-/m1/s1. The lowest BCUT2D eigenvalue weighted by Gasteiger charge is -2.18. The van der Waals surface area contributed by atoms with Gasteiger partial charge in [-0.2, -0.15) is 0 Å². The lowest BCUT2D eigenvalue weighted by Crippen LogP contribution is -2.37. The second-order valence-corrected chi connectivity index (χ2v) is 6.34. The molecule has 0 saturated carbocycles. The highest BCUT2D eigenvalue weighted by Crippen LogP contribution is 2.21. The van der Waals surface area contributed by atoms with Crippen LogP contribution in [0.15, 0.2) is 30.3 Å². The predicted molar refractivity (Wildman–Crippen MR) is 82.3 cm³/mol. The summed E-state index contributed by atoms with van der Waals surface area (Å²) in [4.78, 5) is 14.7. The smallest absolute Gasteiger partial charge is 0.153 e. The molecule has 1 aromatic carbocycles. The van der Waals surface area contributed by atoms with Crippen LogP contribution in [0.2, 0.25) is 0 Å². The van der Waals surface area contributed by atoms with Gasteiger partial charge in [-0.3, -0.25) is 9.69 Å². The maximum absolute atomic E-state index is 12.3. The van der Waals surface area contributed by atoms with Crippen molar-refractivity contribution < 1.29 is 4.79 Å². The Morgan fingerprint density at radius 1 is 1.35 bits per heavy atom. The predicted octanol–water partition coefficient (Wildman–Crippen LogP) is 2.45. The summed E-state index contributed by atoms with van der Waals surface area (Å²) in [6.45, 7) is 7.02. The van der Waals surface area contributed by atoms with Gasteiger partial charge in [-0.05, 0) is 30.9 Å². The molecule has 1 unspecified atom stereocenters. The molecule has 0 aromatic heterocycles. The summed E-state index contributed by atoms with van der Waals surface area (Å²) in [5, 5.41) is 0. The summed E-state index contributed by atoms with van der Waals surface area (Å²) < 4.78 is 0. The van der Waals surface area contributed by atoms with Crippen LogP contribution in [-0.4, -0.2) is 29.8 Å². The fraction of sp³-hybridized carbons (Fsp3) is 0.588. The third-order valence-electron chi connectivity index (χ3n) is 4.01. The Hall–Kier alpha value is -1.19. The van der Waals surface area contributed by atoms with Crippen molar-refractivity contribution in [1.82, 2.24) is 4.90 Å². The second-order valence-electron chi connectivity index (χ2n) is 6.34. The summed E-state index contributed by atoms with van der Waals surface area (Å²) in [7, 11) is 0. The Morgan fingerprint density at radius 3 is 2.70 bits per heavy atom. The molecule has 1 aliphatic heterocycles. The van der Waals surface area contributed by atoms with Crippen molar-refractivity contribution in [1.29, 1.82) is 0 Å². The fourth-order valence-electron chi connectivity index (χ4n) is 2.98. The fourth-order valence-corrected chi connectivity index (χ4v) is 2.98. The average Bonchev–Trinajstić information content (AvgIpc) is 2.86. The highest BCUT2D eigenvalue weighted by molar-refractivity contribution is 5.86. The molecular weight excluding hydrogens is 248 g/mol. The number of ketones is 1. The molecule has 1 aliphatic rings. The number of likely N-dealkylation sites (tertiary alicyclic amines) is 1. The lowest BCUT2D eigenvalue weighted by atomic mass is 9.92. The number of hydrogen-bond acceptors (Lipinski definition) is 3. The zero-order valence-corrected chi connectivity index (χ0v) is 12.6. The van der Waals surface area contributed by atoms with Crippen molar-refractivity contribution >= 4 is 5.78 Å². The molecule has 0 spiro atoms. The average molecular weight is 274 g/mol. The van der Waals surface area contributed by atoms with Crippen LogP contribution >= 0.6 is 0 Å². The summed E-state index contributed by atoms with van der Waals surface area (Å²) in [6, 6.07) is 10.2. The van der Waals surface area contributed by atoms with Gasteiger partial charge in [-0.25, -0.2) is 0 Å². The molecule has 0 amide bonds. The van der Waals surface area contributed by atoms with E-state index in [0.717, 1.165) is 32.5 Å². The Morgan fingerprint density at radius 2 is 2.05 bits per heavy atom. The number of Topliss-reactive ketones (excluding diaryl/α,β-unsaturated/α-hetero) is 1. The maximum atomic E-state index is 12.3. The number of carbonyl (C=O) groups excluding carboxylic acids is 1. The van der Waals surface area contributed by atoms with E-state index in [2.05, 4.69) is 43.0 Å². The van der Waals surface area contributed by atoms with Crippen LogP contribution < -0.4 is 5.73 Å². The molecule has 1 saturated heterocycles. The van der Waals surface area contributed by atoms with Crippen molar-refractivity contribution in [3.8, 4) is 0 Å². The molecule has 2 atom stereocenters. The Labute approximate surface area is 122 Å².